The Hall–Kier alpha value is -2.24. The summed E-state index contributed by atoms with van der Waals surface area (Å²) in [6, 6.07) is 3.78. The molecule has 0 saturated carbocycles. The molecule has 0 saturated heterocycles. The van der Waals surface area contributed by atoms with Crippen LogP contribution in [0.5, 0.6) is 0 Å². The van der Waals surface area contributed by atoms with Crippen molar-refractivity contribution in [1.29, 1.82) is 0 Å². The Balaban J connectivity index is 1.93. The molecule has 1 amide bonds. The molecule has 0 spiro atoms. The van der Waals surface area contributed by atoms with E-state index >= 15 is 0 Å². The van der Waals surface area contributed by atoms with Gasteiger partial charge in [-0.2, -0.15) is 0 Å². The molecule has 0 aliphatic heterocycles. The summed E-state index contributed by atoms with van der Waals surface area (Å²) in [5.41, 5.74) is 0.771. The first-order valence-electron chi connectivity index (χ1n) is 6.17. The third-order valence-corrected chi connectivity index (χ3v) is 2.39. The van der Waals surface area contributed by atoms with Crippen LogP contribution in [0.25, 0.3) is 11.5 Å². The zero-order valence-corrected chi connectivity index (χ0v) is 11.0. The number of nitrogens with one attached hydrogen (secondary N) is 1. The van der Waals surface area contributed by atoms with E-state index in [0.29, 0.717) is 24.6 Å². The second-order valence-electron chi connectivity index (χ2n) is 4.46. The van der Waals surface area contributed by atoms with E-state index in [1.165, 1.54) is 0 Å². The Bertz CT molecular complexity index is 537. The molecule has 100 valence electrons. The van der Waals surface area contributed by atoms with Gasteiger partial charge in [-0.15, -0.1) is 10.2 Å². The van der Waals surface area contributed by atoms with Crippen LogP contribution in [0.15, 0.2) is 28.9 Å². The minimum Gasteiger partial charge on any atom is -0.421 e. The van der Waals surface area contributed by atoms with Crippen LogP contribution in [0.2, 0.25) is 0 Å². The summed E-state index contributed by atoms with van der Waals surface area (Å²) in [5.74, 6) is 0.862. The molecule has 2 aromatic rings. The lowest BCUT2D eigenvalue weighted by Crippen LogP contribution is -2.30. The fraction of sp³-hybridized carbons (Fsp3) is 0.385. The molecule has 2 aromatic heterocycles. The quantitative estimate of drug-likeness (QED) is 0.882. The number of rotatable bonds is 5. The maximum Gasteiger partial charge on any atom is 0.249 e. The lowest BCUT2D eigenvalue weighted by Gasteiger charge is -2.06. The number of carbonyl (C=O) groups is 1. The summed E-state index contributed by atoms with van der Waals surface area (Å²) >= 11 is 0. The zero-order valence-electron chi connectivity index (χ0n) is 11.0. The molecule has 0 bridgehead atoms. The summed E-state index contributed by atoms with van der Waals surface area (Å²) in [7, 11) is 0. The van der Waals surface area contributed by atoms with Crippen molar-refractivity contribution >= 4 is 5.91 Å². The smallest absolute Gasteiger partial charge is 0.249 e. The van der Waals surface area contributed by atoms with Gasteiger partial charge in [0.1, 0.15) is 0 Å². The lowest BCUT2D eigenvalue weighted by atomic mass is 10.2. The van der Waals surface area contributed by atoms with Gasteiger partial charge in [0.25, 0.3) is 0 Å². The van der Waals surface area contributed by atoms with Gasteiger partial charge in [-0.1, -0.05) is 0 Å². The van der Waals surface area contributed by atoms with Crippen LogP contribution in [-0.2, 0) is 11.2 Å². The van der Waals surface area contributed by atoms with Gasteiger partial charge in [-0.05, 0) is 26.0 Å². The third-order valence-electron chi connectivity index (χ3n) is 2.39. The first kappa shape index (κ1) is 13.2. The number of hydrogen-bond acceptors (Lipinski definition) is 5. The van der Waals surface area contributed by atoms with Crippen molar-refractivity contribution in [2.24, 2.45) is 0 Å². The molecule has 0 atom stereocenters. The average Bonchev–Trinajstić information content (AvgIpc) is 2.85. The fourth-order valence-electron chi connectivity index (χ4n) is 1.58. The van der Waals surface area contributed by atoms with Crippen molar-refractivity contribution < 1.29 is 9.21 Å². The minimum absolute atomic E-state index is 0.0175. The molecule has 6 nitrogen and oxygen atoms in total. The van der Waals surface area contributed by atoms with Crippen molar-refractivity contribution in [2.45, 2.75) is 32.7 Å². The molecule has 0 aliphatic rings. The van der Waals surface area contributed by atoms with Crippen LogP contribution in [0.1, 0.15) is 26.2 Å². The van der Waals surface area contributed by atoms with Gasteiger partial charge in [0.05, 0.1) is 5.56 Å². The average molecular weight is 260 g/mol. The third kappa shape index (κ3) is 3.87. The number of carbonyl (C=O) groups excluding carboxylic acids is 1. The molecule has 0 radical (unpaired) electrons. The number of nitrogens with zero attached hydrogens (tertiary/aromatic N) is 3. The van der Waals surface area contributed by atoms with Crippen molar-refractivity contribution in [3.63, 3.8) is 0 Å². The summed E-state index contributed by atoms with van der Waals surface area (Å²) < 4.78 is 5.48. The summed E-state index contributed by atoms with van der Waals surface area (Å²) in [6.07, 6.45) is 4.11. The van der Waals surface area contributed by atoms with Crippen molar-refractivity contribution in [3.8, 4) is 11.5 Å². The normalized spacial score (nSPS) is 10.7. The van der Waals surface area contributed by atoms with E-state index in [1.807, 2.05) is 19.9 Å². The predicted molar refractivity (Wildman–Crippen MR) is 69.1 cm³/mol. The molecule has 0 unspecified atom stereocenters. The van der Waals surface area contributed by atoms with Crippen LogP contribution in [-0.4, -0.2) is 27.1 Å². The number of pyridine rings is 1. The molecule has 2 rings (SSSR count). The molecule has 19 heavy (non-hydrogen) atoms. The molecule has 0 aromatic carbocycles. The van der Waals surface area contributed by atoms with Crippen molar-refractivity contribution in [3.05, 3.63) is 30.4 Å². The Morgan fingerprint density at radius 1 is 1.42 bits per heavy atom. The van der Waals surface area contributed by atoms with Gasteiger partial charge in [-0.25, -0.2) is 0 Å². The molecule has 2 heterocycles. The fourth-order valence-corrected chi connectivity index (χ4v) is 1.58. The second kappa shape index (κ2) is 6.08. The maximum atomic E-state index is 11.5. The summed E-state index contributed by atoms with van der Waals surface area (Å²) in [5, 5.41) is 10.7. The summed E-state index contributed by atoms with van der Waals surface area (Å²) in [6.45, 7) is 3.84. The van der Waals surface area contributed by atoms with Gasteiger partial charge in [0.2, 0.25) is 17.7 Å². The van der Waals surface area contributed by atoms with Gasteiger partial charge < -0.3 is 9.73 Å². The van der Waals surface area contributed by atoms with E-state index in [0.717, 1.165) is 5.56 Å². The van der Waals surface area contributed by atoms with Crippen molar-refractivity contribution in [2.75, 3.05) is 0 Å². The van der Waals surface area contributed by atoms with Crippen LogP contribution >= 0.6 is 0 Å². The number of hydrogen-bond donors (Lipinski definition) is 1. The van der Waals surface area contributed by atoms with E-state index < -0.39 is 0 Å². The van der Waals surface area contributed by atoms with Gasteiger partial charge in [-0.3, -0.25) is 9.78 Å². The van der Waals surface area contributed by atoms with Crippen molar-refractivity contribution in [1.82, 2.24) is 20.5 Å². The van der Waals surface area contributed by atoms with E-state index in [9.17, 15) is 4.79 Å². The molecule has 0 fully saturated rings. The molecule has 6 heteroatoms. The molecular weight excluding hydrogens is 244 g/mol. The van der Waals surface area contributed by atoms with Crippen LogP contribution < -0.4 is 5.32 Å². The Morgan fingerprint density at radius 3 is 2.95 bits per heavy atom. The topological polar surface area (TPSA) is 80.9 Å². The van der Waals surface area contributed by atoms with Gasteiger partial charge in [0.15, 0.2) is 0 Å². The highest BCUT2D eigenvalue weighted by atomic mass is 16.4. The number of aryl methyl sites for hydroxylation is 1. The molecular formula is C13H16N4O2. The highest BCUT2D eigenvalue weighted by molar-refractivity contribution is 5.76. The Kier molecular flexibility index (Phi) is 4.22. The van der Waals surface area contributed by atoms with E-state index in [1.54, 1.807) is 18.5 Å². The maximum absolute atomic E-state index is 11.5. The molecule has 1 N–H and O–H groups in total. The van der Waals surface area contributed by atoms with Crippen LogP contribution in [0.3, 0.4) is 0 Å². The zero-order chi connectivity index (χ0) is 13.7. The van der Waals surface area contributed by atoms with E-state index in [4.69, 9.17) is 4.42 Å². The van der Waals surface area contributed by atoms with Crippen LogP contribution in [0.4, 0.5) is 0 Å². The summed E-state index contributed by atoms with van der Waals surface area (Å²) in [4.78, 5) is 15.5. The highest BCUT2D eigenvalue weighted by Gasteiger charge is 2.10. The highest BCUT2D eigenvalue weighted by Crippen LogP contribution is 2.16. The minimum atomic E-state index is -0.0175. The van der Waals surface area contributed by atoms with Gasteiger partial charge in [0, 0.05) is 31.3 Å². The predicted octanol–water partition coefficient (Wildman–Crippen LogP) is 1.59. The SMILES string of the molecule is CC(C)NC(=O)CCc1nnc(-c2cccnc2)o1. The van der Waals surface area contributed by atoms with E-state index in [2.05, 4.69) is 20.5 Å². The Morgan fingerprint density at radius 2 is 2.26 bits per heavy atom. The van der Waals surface area contributed by atoms with E-state index in [-0.39, 0.29) is 11.9 Å². The molecule has 0 aliphatic carbocycles. The lowest BCUT2D eigenvalue weighted by molar-refractivity contribution is -0.121. The standard InChI is InChI=1S/C13H16N4O2/c1-9(2)15-11(18)5-6-12-16-17-13(19-12)10-4-3-7-14-8-10/h3-4,7-9H,5-6H2,1-2H3,(H,15,18). The number of amides is 1. The Labute approximate surface area is 111 Å². The van der Waals surface area contributed by atoms with Crippen LogP contribution in [0, 0.1) is 0 Å². The largest absolute Gasteiger partial charge is 0.421 e. The van der Waals surface area contributed by atoms with Gasteiger partial charge >= 0.3 is 0 Å². The first-order chi connectivity index (χ1) is 9.15. The number of aromatic nitrogens is 3. The first-order valence-corrected chi connectivity index (χ1v) is 6.17. The monoisotopic (exact) mass is 260 g/mol. The second-order valence-corrected chi connectivity index (χ2v) is 4.46.